The number of rotatable bonds is 9. The van der Waals surface area contributed by atoms with Crippen LogP contribution in [0.25, 0.3) is 0 Å². The lowest BCUT2D eigenvalue weighted by molar-refractivity contribution is -0.126. The number of amides is 1. The van der Waals surface area contributed by atoms with E-state index >= 15 is 0 Å². The fraction of sp³-hybridized carbons (Fsp3) is 0.611. The van der Waals surface area contributed by atoms with Crippen molar-refractivity contribution in [3.63, 3.8) is 0 Å². The standard InChI is InChI=1S/C18H29N3O2.2ClH/c1-23-14-11-19-9-10-20-18(22)17-7-12-21(13-8-17)15-16-5-3-2-4-6-16;;/h2-6,17,19H,7-15H2,1H3,(H,20,22);2*1H. The number of methoxy groups -OCH3 is 1. The van der Waals surface area contributed by atoms with Gasteiger partial charge in [-0.2, -0.15) is 0 Å². The van der Waals surface area contributed by atoms with Crippen LogP contribution in [-0.4, -0.2) is 57.2 Å². The molecule has 0 spiro atoms. The van der Waals surface area contributed by atoms with Crippen LogP contribution in [0.4, 0.5) is 0 Å². The molecule has 2 rings (SSSR count). The molecule has 1 saturated heterocycles. The van der Waals surface area contributed by atoms with Gasteiger partial charge in [0.1, 0.15) is 0 Å². The van der Waals surface area contributed by atoms with Crippen LogP contribution in [0.5, 0.6) is 0 Å². The number of carbonyl (C=O) groups is 1. The summed E-state index contributed by atoms with van der Waals surface area (Å²) in [6.45, 7) is 5.99. The van der Waals surface area contributed by atoms with Crippen LogP contribution < -0.4 is 10.6 Å². The molecule has 5 nitrogen and oxygen atoms in total. The Hall–Kier alpha value is -0.850. The summed E-state index contributed by atoms with van der Waals surface area (Å²) in [7, 11) is 1.69. The van der Waals surface area contributed by atoms with E-state index in [4.69, 9.17) is 4.74 Å². The third-order valence-electron chi connectivity index (χ3n) is 4.29. The molecule has 7 heteroatoms. The van der Waals surface area contributed by atoms with Crippen molar-refractivity contribution < 1.29 is 9.53 Å². The summed E-state index contributed by atoms with van der Waals surface area (Å²) in [5.74, 6) is 0.374. The molecule has 1 aromatic rings. The van der Waals surface area contributed by atoms with Gasteiger partial charge in [0, 0.05) is 39.2 Å². The normalized spacial score (nSPS) is 15.1. The van der Waals surface area contributed by atoms with Gasteiger partial charge in [-0.3, -0.25) is 9.69 Å². The first-order valence-electron chi connectivity index (χ1n) is 8.53. The van der Waals surface area contributed by atoms with E-state index in [2.05, 4.69) is 39.8 Å². The van der Waals surface area contributed by atoms with E-state index in [1.165, 1.54) is 5.56 Å². The van der Waals surface area contributed by atoms with Crippen LogP contribution in [0, 0.1) is 5.92 Å². The molecule has 1 aliphatic rings. The first-order valence-corrected chi connectivity index (χ1v) is 8.53. The second kappa shape index (κ2) is 14.3. The highest BCUT2D eigenvalue weighted by Gasteiger charge is 2.24. The number of likely N-dealkylation sites (tertiary alicyclic amines) is 1. The summed E-state index contributed by atoms with van der Waals surface area (Å²) in [6, 6.07) is 10.5. The van der Waals surface area contributed by atoms with Gasteiger partial charge >= 0.3 is 0 Å². The third kappa shape index (κ3) is 9.42. The van der Waals surface area contributed by atoms with Gasteiger partial charge in [0.05, 0.1) is 6.61 Å². The predicted octanol–water partition coefficient (Wildman–Crippen LogP) is 2.09. The van der Waals surface area contributed by atoms with Gasteiger partial charge in [-0.05, 0) is 31.5 Å². The topological polar surface area (TPSA) is 53.6 Å². The Morgan fingerprint density at radius 3 is 2.44 bits per heavy atom. The summed E-state index contributed by atoms with van der Waals surface area (Å²) in [5.41, 5.74) is 1.34. The van der Waals surface area contributed by atoms with Crippen molar-refractivity contribution in [2.24, 2.45) is 5.92 Å². The van der Waals surface area contributed by atoms with Gasteiger partial charge in [-0.1, -0.05) is 30.3 Å². The van der Waals surface area contributed by atoms with E-state index in [0.717, 1.165) is 45.6 Å². The maximum absolute atomic E-state index is 12.2. The van der Waals surface area contributed by atoms with Crippen molar-refractivity contribution >= 4 is 30.7 Å². The summed E-state index contributed by atoms with van der Waals surface area (Å²) in [5, 5.41) is 6.26. The molecule has 1 fully saturated rings. The smallest absolute Gasteiger partial charge is 0.223 e. The Kier molecular flexibility index (Phi) is 13.8. The Morgan fingerprint density at radius 2 is 1.80 bits per heavy atom. The molecule has 144 valence electrons. The lowest BCUT2D eigenvalue weighted by atomic mass is 9.95. The number of halogens is 2. The number of ether oxygens (including phenoxy) is 1. The first kappa shape index (κ1) is 24.1. The fourth-order valence-electron chi connectivity index (χ4n) is 2.91. The Balaban J connectivity index is 0.00000288. The lowest BCUT2D eigenvalue weighted by Crippen LogP contribution is -2.42. The number of nitrogens with one attached hydrogen (secondary N) is 2. The van der Waals surface area contributed by atoms with Crippen LogP contribution in [-0.2, 0) is 16.1 Å². The summed E-state index contributed by atoms with van der Waals surface area (Å²) < 4.78 is 4.96. The summed E-state index contributed by atoms with van der Waals surface area (Å²) >= 11 is 0. The zero-order valence-corrected chi connectivity index (χ0v) is 16.5. The van der Waals surface area contributed by atoms with Gasteiger partial charge in [-0.15, -0.1) is 24.8 Å². The molecule has 0 atom stereocenters. The van der Waals surface area contributed by atoms with E-state index in [-0.39, 0.29) is 36.6 Å². The van der Waals surface area contributed by atoms with Gasteiger partial charge in [0.2, 0.25) is 5.91 Å². The second-order valence-electron chi connectivity index (χ2n) is 6.07. The van der Waals surface area contributed by atoms with E-state index < -0.39 is 0 Å². The van der Waals surface area contributed by atoms with E-state index in [9.17, 15) is 4.79 Å². The highest BCUT2D eigenvalue weighted by atomic mass is 35.5. The minimum absolute atomic E-state index is 0. The Labute approximate surface area is 163 Å². The molecule has 1 amide bonds. The number of nitrogens with zero attached hydrogens (tertiary/aromatic N) is 1. The summed E-state index contributed by atoms with van der Waals surface area (Å²) in [6.07, 6.45) is 1.91. The molecule has 0 bridgehead atoms. The monoisotopic (exact) mass is 391 g/mol. The fourth-order valence-corrected chi connectivity index (χ4v) is 2.91. The van der Waals surface area contributed by atoms with Crippen LogP contribution in [0.1, 0.15) is 18.4 Å². The Morgan fingerprint density at radius 1 is 1.12 bits per heavy atom. The Bertz CT molecular complexity index is 455. The quantitative estimate of drug-likeness (QED) is 0.632. The van der Waals surface area contributed by atoms with Gasteiger partial charge in [0.15, 0.2) is 0 Å². The largest absolute Gasteiger partial charge is 0.383 e. The van der Waals surface area contributed by atoms with Crippen molar-refractivity contribution in [2.45, 2.75) is 19.4 Å². The molecule has 0 aliphatic carbocycles. The zero-order chi connectivity index (χ0) is 16.3. The number of hydrogen-bond acceptors (Lipinski definition) is 4. The SMILES string of the molecule is COCCNCCNC(=O)C1CCN(Cc2ccccc2)CC1.Cl.Cl. The third-order valence-corrected chi connectivity index (χ3v) is 4.29. The zero-order valence-electron chi connectivity index (χ0n) is 14.9. The van der Waals surface area contributed by atoms with Gasteiger partial charge < -0.3 is 15.4 Å². The van der Waals surface area contributed by atoms with E-state index in [1.54, 1.807) is 7.11 Å². The minimum Gasteiger partial charge on any atom is -0.383 e. The van der Waals surface area contributed by atoms with E-state index in [1.807, 2.05) is 6.07 Å². The first-order chi connectivity index (χ1) is 11.3. The van der Waals surface area contributed by atoms with Gasteiger partial charge in [-0.25, -0.2) is 0 Å². The minimum atomic E-state index is 0. The van der Waals surface area contributed by atoms with Crippen LogP contribution >= 0.6 is 24.8 Å². The highest BCUT2D eigenvalue weighted by molar-refractivity contribution is 5.85. The number of benzene rings is 1. The van der Waals surface area contributed by atoms with Crippen molar-refractivity contribution in [1.29, 1.82) is 0 Å². The molecule has 0 saturated carbocycles. The number of carbonyl (C=O) groups excluding carboxylic acids is 1. The number of hydrogen-bond donors (Lipinski definition) is 2. The molecular formula is C18H31Cl2N3O2. The predicted molar refractivity (Wildman–Crippen MR) is 107 cm³/mol. The van der Waals surface area contributed by atoms with Crippen molar-refractivity contribution in [3.05, 3.63) is 35.9 Å². The number of piperidine rings is 1. The average molecular weight is 392 g/mol. The molecule has 2 N–H and O–H groups in total. The van der Waals surface area contributed by atoms with Crippen LogP contribution in [0.3, 0.4) is 0 Å². The molecule has 0 aromatic heterocycles. The average Bonchev–Trinajstić information content (AvgIpc) is 2.59. The molecular weight excluding hydrogens is 361 g/mol. The van der Waals surface area contributed by atoms with Crippen LogP contribution in [0.15, 0.2) is 30.3 Å². The molecule has 1 aliphatic heterocycles. The van der Waals surface area contributed by atoms with Crippen LogP contribution in [0.2, 0.25) is 0 Å². The summed E-state index contributed by atoms with van der Waals surface area (Å²) in [4.78, 5) is 14.6. The second-order valence-corrected chi connectivity index (χ2v) is 6.07. The van der Waals surface area contributed by atoms with Gasteiger partial charge in [0.25, 0.3) is 0 Å². The maximum Gasteiger partial charge on any atom is 0.223 e. The van der Waals surface area contributed by atoms with Crippen molar-refractivity contribution in [2.75, 3.05) is 46.4 Å². The molecule has 0 unspecified atom stereocenters. The van der Waals surface area contributed by atoms with Crippen molar-refractivity contribution in [1.82, 2.24) is 15.5 Å². The van der Waals surface area contributed by atoms with Crippen molar-refractivity contribution in [3.8, 4) is 0 Å². The molecule has 25 heavy (non-hydrogen) atoms. The molecule has 1 aromatic carbocycles. The lowest BCUT2D eigenvalue weighted by Gasteiger charge is -2.31. The molecule has 1 heterocycles. The van der Waals surface area contributed by atoms with E-state index in [0.29, 0.717) is 13.2 Å². The molecule has 0 radical (unpaired) electrons. The maximum atomic E-state index is 12.2. The highest BCUT2D eigenvalue weighted by Crippen LogP contribution is 2.19.